The lowest BCUT2D eigenvalue weighted by Crippen LogP contribution is -2.33. The number of carbonyl (C=O) groups excluding carboxylic acids is 2. The third-order valence-electron chi connectivity index (χ3n) is 3.47. The Morgan fingerprint density at radius 3 is 2.79 bits per heavy atom. The topological polar surface area (TPSA) is 70.7 Å². The van der Waals surface area contributed by atoms with E-state index >= 15 is 0 Å². The Morgan fingerprint density at radius 1 is 1.38 bits per heavy atom. The number of likely N-dealkylation sites (tertiary alicyclic amines) is 1. The molecule has 1 aliphatic heterocycles. The predicted molar refractivity (Wildman–Crippen MR) is 80.5 cm³/mol. The molecule has 0 saturated carbocycles. The summed E-state index contributed by atoms with van der Waals surface area (Å²) in [4.78, 5) is 24.8. The first-order chi connectivity index (χ1) is 11.5. The van der Waals surface area contributed by atoms with Crippen LogP contribution in [0.4, 0.5) is 23.7 Å². The molecule has 0 atom stereocenters. The van der Waals surface area contributed by atoms with Gasteiger partial charge in [0, 0.05) is 37.8 Å². The highest BCUT2D eigenvalue weighted by Gasteiger charge is 2.19. The van der Waals surface area contributed by atoms with Gasteiger partial charge < -0.3 is 20.3 Å². The monoisotopic (exact) mass is 345 g/mol. The molecule has 2 N–H and O–H groups in total. The van der Waals surface area contributed by atoms with Crippen molar-refractivity contribution in [3.05, 3.63) is 24.0 Å². The summed E-state index contributed by atoms with van der Waals surface area (Å²) in [5.41, 5.74) is 0.112. The van der Waals surface area contributed by atoms with Crippen LogP contribution in [-0.4, -0.2) is 43.1 Å². The van der Waals surface area contributed by atoms with Crippen LogP contribution < -0.4 is 15.4 Å². The van der Waals surface area contributed by atoms with Crippen LogP contribution in [0.1, 0.15) is 19.3 Å². The van der Waals surface area contributed by atoms with Gasteiger partial charge in [-0.2, -0.15) is 8.78 Å². The maximum Gasteiger partial charge on any atom is 0.387 e. The van der Waals surface area contributed by atoms with Crippen LogP contribution in [0.2, 0.25) is 0 Å². The van der Waals surface area contributed by atoms with Crippen LogP contribution in [0.25, 0.3) is 0 Å². The third-order valence-corrected chi connectivity index (χ3v) is 3.47. The van der Waals surface area contributed by atoms with Crippen molar-refractivity contribution in [1.29, 1.82) is 0 Å². The number of anilines is 1. The molecule has 0 aromatic heterocycles. The molecule has 1 fully saturated rings. The molecule has 3 amide bonds. The standard InChI is InChI=1S/C15H18F3N3O3/c16-11-9-10(4-5-12(11)24-14(17)18)20-15(23)19-6-2-8-21-7-1-3-13(21)22/h4-5,9,14H,1-3,6-8H2,(H2,19,20,23). The molecule has 0 bridgehead atoms. The van der Waals surface area contributed by atoms with Gasteiger partial charge in [0.15, 0.2) is 11.6 Å². The van der Waals surface area contributed by atoms with Crippen molar-refractivity contribution >= 4 is 17.6 Å². The zero-order valence-corrected chi connectivity index (χ0v) is 12.9. The van der Waals surface area contributed by atoms with E-state index in [1.54, 1.807) is 4.90 Å². The van der Waals surface area contributed by atoms with Crippen molar-refractivity contribution in [3.63, 3.8) is 0 Å². The van der Waals surface area contributed by atoms with Crippen molar-refractivity contribution in [1.82, 2.24) is 10.2 Å². The Labute approximate surface area is 137 Å². The van der Waals surface area contributed by atoms with Crippen molar-refractivity contribution < 1.29 is 27.5 Å². The Balaban J connectivity index is 1.72. The van der Waals surface area contributed by atoms with E-state index in [0.29, 0.717) is 25.9 Å². The summed E-state index contributed by atoms with van der Waals surface area (Å²) in [6.07, 6.45) is 2.04. The molecule has 0 aliphatic carbocycles. The van der Waals surface area contributed by atoms with E-state index in [0.717, 1.165) is 25.1 Å². The number of benzene rings is 1. The summed E-state index contributed by atoms with van der Waals surface area (Å²) in [6, 6.07) is 2.60. The van der Waals surface area contributed by atoms with Crippen molar-refractivity contribution in [2.24, 2.45) is 0 Å². The van der Waals surface area contributed by atoms with Gasteiger partial charge in [-0.05, 0) is 25.0 Å². The van der Waals surface area contributed by atoms with Gasteiger partial charge in [0.2, 0.25) is 5.91 Å². The highest BCUT2D eigenvalue weighted by atomic mass is 19.3. The summed E-state index contributed by atoms with van der Waals surface area (Å²) in [5.74, 6) is -1.46. The number of nitrogens with one attached hydrogen (secondary N) is 2. The Morgan fingerprint density at radius 2 is 2.17 bits per heavy atom. The van der Waals surface area contributed by atoms with Crippen LogP contribution in [0.3, 0.4) is 0 Å². The quantitative estimate of drug-likeness (QED) is 0.746. The number of rotatable bonds is 7. The minimum absolute atomic E-state index is 0.112. The van der Waals surface area contributed by atoms with E-state index in [1.807, 2.05) is 0 Å². The molecule has 1 aliphatic rings. The molecule has 1 saturated heterocycles. The Hall–Kier alpha value is -2.45. The number of carbonyl (C=O) groups is 2. The molecule has 0 unspecified atom stereocenters. The fourth-order valence-corrected chi connectivity index (χ4v) is 2.36. The largest absolute Gasteiger partial charge is 0.432 e. The second-order valence-electron chi connectivity index (χ2n) is 5.24. The van der Waals surface area contributed by atoms with Crippen LogP contribution >= 0.6 is 0 Å². The SMILES string of the molecule is O=C(NCCCN1CCCC1=O)Nc1ccc(OC(F)F)c(F)c1. The van der Waals surface area contributed by atoms with Gasteiger partial charge in [-0.3, -0.25) is 4.79 Å². The van der Waals surface area contributed by atoms with E-state index in [-0.39, 0.29) is 11.6 Å². The first-order valence-electron chi connectivity index (χ1n) is 7.52. The molecule has 2 rings (SSSR count). The molecule has 24 heavy (non-hydrogen) atoms. The second kappa shape index (κ2) is 8.42. The summed E-state index contributed by atoms with van der Waals surface area (Å²) < 4.78 is 41.5. The maximum absolute atomic E-state index is 13.5. The van der Waals surface area contributed by atoms with Crippen LogP contribution in [0, 0.1) is 5.82 Å². The highest BCUT2D eigenvalue weighted by molar-refractivity contribution is 5.89. The first-order valence-corrected chi connectivity index (χ1v) is 7.52. The molecular formula is C15H18F3N3O3. The second-order valence-corrected chi connectivity index (χ2v) is 5.24. The number of ether oxygens (including phenoxy) is 1. The number of urea groups is 1. The normalized spacial score (nSPS) is 14.2. The van der Waals surface area contributed by atoms with Gasteiger partial charge in [0.25, 0.3) is 0 Å². The summed E-state index contributed by atoms with van der Waals surface area (Å²) in [7, 11) is 0. The minimum Gasteiger partial charge on any atom is -0.432 e. The molecule has 9 heteroatoms. The first kappa shape index (κ1) is 17.9. The van der Waals surface area contributed by atoms with Crippen molar-refractivity contribution in [2.45, 2.75) is 25.9 Å². The van der Waals surface area contributed by atoms with Gasteiger partial charge in [0.1, 0.15) is 0 Å². The van der Waals surface area contributed by atoms with E-state index in [4.69, 9.17) is 0 Å². The molecule has 0 spiro atoms. The highest BCUT2D eigenvalue weighted by Crippen LogP contribution is 2.22. The smallest absolute Gasteiger partial charge is 0.387 e. The van der Waals surface area contributed by atoms with Gasteiger partial charge in [-0.25, -0.2) is 9.18 Å². The lowest BCUT2D eigenvalue weighted by molar-refractivity contribution is -0.127. The van der Waals surface area contributed by atoms with E-state index in [9.17, 15) is 22.8 Å². The van der Waals surface area contributed by atoms with Gasteiger partial charge >= 0.3 is 12.6 Å². The van der Waals surface area contributed by atoms with Crippen molar-refractivity contribution in [3.8, 4) is 5.75 Å². The van der Waals surface area contributed by atoms with Gasteiger partial charge in [-0.1, -0.05) is 0 Å². The number of hydrogen-bond acceptors (Lipinski definition) is 3. The van der Waals surface area contributed by atoms with Crippen LogP contribution in [-0.2, 0) is 4.79 Å². The molecular weight excluding hydrogens is 327 g/mol. The maximum atomic E-state index is 13.5. The molecule has 0 radical (unpaired) electrons. The molecule has 1 aromatic carbocycles. The fourth-order valence-electron chi connectivity index (χ4n) is 2.36. The summed E-state index contributed by atoms with van der Waals surface area (Å²) >= 11 is 0. The Kier molecular flexibility index (Phi) is 6.28. The molecule has 6 nitrogen and oxygen atoms in total. The Bertz CT molecular complexity index is 599. The lowest BCUT2D eigenvalue weighted by Gasteiger charge is -2.15. The summed E-state index contributed by atoms with van der Waals surface area (Å²) in [5, 5.41) is 4.96. The number of alkyl halides is 2. The van der Waals surface area contributed by atoms with E-state index in [1.165, 1.54) is 6.07 Å². The minimum atomic E-state index is -3.12. The summed E-state index contributed by atoms with van der Waals surface area (Å²) in [6.45, 7) is -1.45. The third kappa shape index (κ3) is 5.32. The molecule has 1 aromatic rings. The zero-order valence-electron chi connectivity index (χ0n) is 12.9. The number of hydrogen-bond donors (Lipinski definition) is 2. The average Bonchev–Trinajstić information content (AvgIpc) is 2.91. The average molecular weight is 345 g/mol. The molecule has 132 valence electrons. The van der Waals surface area contributed by atoms with Gasteiger partial charge in [0.05, 0.1) is 0 Å². The van der Waals surface area contributed by atoms with E-state index < -0.39 is 24.2 Å². The van der Waals surface area contributed by atoms with Gasteiger partial charge in [-0.15, -0.1) is 0 Å². The lowest BCUT2D eigenvalue weighted by atomic mass is 10.3. The van der Waals surface area contributed by atoms with Crippen LogP contribution in [0.5, 0.6) is 5.75 Å². The van der Waals surface area contributed by atoms with Crippen LogP contribution in [0.15, 0.2) is 18.2 Å². The predicted octanol–water partition coefficient (Wildman–Crippen LogP) is 2.56. The fraction of sp³-hybridized carbons (Fsp3) is 0.467. The molecule has 1 heterocycles. The number of nitrogens with zero attached hydrogens (tertiary/aromatic N) is 1. The zero-order chi connectivity index (χ0) is 17.5. The number of amides is 3. The van der Waals surface area contributed by atoms with Crippen molar-refractivity contribution in [2.75, 3.05) is 25.0 Å². The van der Waals surface area contributed by atoms with E-state index in [2.05, 4.69) is 15.4 Å². The number of halogens is 3.